The molecule has 2 aliphatic rings. The summed E-state index contributed by atoms with van der Waals surface area (Å²) in [5.74, 6) is 2.32. The molecule has 0 aliphatic carbocycles. The van der Waals surface area contributed by atoms with Gasteiger partial charge in [0.05, 0.1) is 0 Å². The van der Waals surface area contributed by atoms with Crippen molar-refractivity contribution in [3.63, 3.8) is 0 Å². The molecule has 22 heavy (non-hydrogen) atoms. The third-order valence-corrected chi connectivity index (χ3v) is 5.12. The molecular formula is C17H35ClN2O2. The third-order valence-electron chi connectivity index (χ3n) is 4.85. The molecule has 2 saturated heterocycles. The number of aliphatic hydroxyl groups is 2. The minimum absolute atomic E-state index is 0.354. The molecule has 0 radical (unpaired) electrons. The molecule has 5 heteroatoms. The van der Waals surface area contributed by atoms with Crippen molar-refractivity contribution in [2.75, 3.05) is 51.8 Å². The van der Waals surface area contributed by atoms with Gasteiger partial charge >= 0.3 is 0 Å². The number of hydrogen-bond acceptors (Lipinski definition) is 4. The number of nitrogens with one attached hydrogen (secondary N) is 1. The summed E-state index contributed by atoms with van der Waals surface area (Å²) >= 11 is 5.64. The summed E-state index contributed by atoms with van der Waals surface area (Å²) in [6.07, 6.45) is 8.10. The molecule has 0 aromatic rings. The second kappa shape index (κ2) is 13.6. The number of rotatable bonds is 7. The van der Waals surface area contributed by atoms with E-state index in [0.717, 1.165) is 56.6 Å². The number of piperidine rings is 2. The summed E-state index contributed by atoms with van der Waals surface area (Å²) < 4.78 is 0. The maximum atomic E-state index is 8.79. The first-order chi connectivity index (χ1) is 10.8. The molecule has 0 aromatic heterocycles. The highest BCUT2D eigenvalue weighted by Crippen LogP contribution is 2.19. The molecule has 4 nitrogen and oxygen atoms in total. The van der Waals surface area contributed by atoms with Crippen molar-refractivity contribution in [1.29, 1.82) is 0 Å². The Hall–Kier alpha value is 0.130. The Morgan fingerprint density at radius 3 is 1.95 bits per heavy atom. The lowest BCUT2D eigenvalue weighted by Gasteiger charge is -2.31. The quantitative estimate of drug-likeness (QED) is 0.624. The van der Waals surface area contributed by atoms with Crippen molar-refractivity contribution >= 4 is 11.6 Å². The van der Waals surface area contributed by atoms with E-state index in [0.29, 0.717) is 13.2 Å². The number of likely N-dealkylation sites (tertiary alicyclic amines) is 1. The van der Waals surface area contributed by atoms with E-state index in [1.807, 2.05) is 0 Å². The molecule has 2 fully saturated rings. The van der Waals surface area contributed by atoms with Gasteiger partial charge in [0.1, 0.15) is 0 Å². The number of aliphatic hydroxyl groups excluding tert-OH is 2. The largest absolute Gasteiger partial charge is 0.396 e. The fourth-order valence-electron chi connectivity index (χ4n) is 3.32. The monoisotopic (exact) mass is 334 g/mol. The molecule has 3 N–H and O–H groups in total. The van der Waals surface area contributed by atoms with E-state index in [4.69, 9.17) is 21.8 Å². The molecule has 132 valence electrons. The molecule has 0 spiro atoms. The Labute approximate surface area is 141 Å². The Bertz CT molecular complexity index is 240. The Morgan fingerprint density at radius 2 is 1.45 bits per heavy atom. The first-order valence-electron chi connectivity index (χ1n) is 9.00. The molecule has 0 amide bonds. The van der Waals surface area contributed by atoms with Crippen LogP contribution in [0.15, 0.2) is 0 Å². The molecule has 2 heterocycles. The van der Waals surface area contributed by atoms with E-state index in [9.17, 15) is 0 Å². The van der Waals surface area contributed by atoms with E-state index in [2.05, 4.69) is 10.2 Å². The topological polar surface area (TPSA) is 55.7 Å². The SMILES string of the molecule is OCCC1CCN(CCCCl)CC1.OCCC1CCNCC1. The van der Waals surface area contributed by atoms with Gasteiger partial charge in [0.25, 0.3) is 0 Å². The summed E-state index contributed by atoms with van der Waals surface area (Å²) in [5, 5.41) is 20.7. The Balaban J connectivity index is 0.000000235. The number of halogens is 1. The standard InChI is InChI=1S/C10H20ClNO.C7H15NO/c11-5-1-6-12-7-2-10(3-8-12)4-9-13;9-6-3-7-1-4-8-5-2-7/h10,13H,1-9H2;7-9H,1-6H2. The predicted octanol–water partition coefficient (Wildman–Crippen LogP) is 2.08. The zero-order chi connectivity index (χ0) is 16.0. The number of hydrogen-bond donors (Lipinski definition) is 3. The van der Waals surface area contributed by atoms with E-state index < -0.39 is 0 Å². The Kier molecular flexibility index (Phi) is 12.4. The zero-order valence-corrected chi connectivity index (χ0v) is 14.7. The second-order valence-corrected chi connectivity index (χ2v) is 6.92. The molecule has 0 atom stereocenters. The van der Waals surface area contributed by atoms with Crippen LogP contribution in [0.1, 0.15) is 44.9 Å². The van der Waals surface area contributed by atoms with Gasteiger partial charge in [-0.3, -0.25) is 0 Å². The van der Waals surface area contributed by atoms with Crippen LogP contribution < -0.4 is 5.32 Å². The fraction of sp³-hybridized carbons (Fsp3) is 1.00. The number of nitrogens with zero attached hydrogens (tertiary/aromatic N) is 1. The highest BCUT2D eigenvalue weighted by Gasteiger charge is 2.17. The predicted molar refractivity (Wildman–Crippen MR) is 93.5 cm³/mol. The van der Waals surface area contributed by atoms with Gasteiger partial charge in [-0.25, -0.2) is 0 Å². The highest BCUT2D eigenvalue weighted by atomic mass is 35.5. The fourth-order valence-corrected chi connectivity index (χ4v) is 3.44. The first kappa shape index (κ1) is 20.2. The average molecular weight is 335 g/mol. The van der Waals surface area contributed by atoms with Crippen LogP contribution in [0.25, 0.3) is 0 Å². The van der Waals surface area contributed by atoms with Gasteiger partial charge < -0.3 is 20.4 Å². The second-order valence-electron chi connectivity index (χ2n) is 6.55. The van der Waals surface area contributed by atoms with Gasteiger partial charge in [0, 0.05) is 19.1 Å². The molecule has 2 aliphatic heterocycles. The highest BCUT2D eigenvalue weighted by molar-refractivity contribution is 6.17. The lowest BCUT2D eigenvalue weighted by Crippen LogP contribution is -2.34. The summed E-state index contributed by atoms with van der Waals surface area (Å²) in [6, 6.07) is 0. The minimum Gasteiger partial charge on any atom is -0.396 e. The van der Waals surface area contributed by atoms with Crippen LogP contribution in [-0.2, 0) is 0 Å². The molecule has 0 aromatic carbocycles. The maximum absolute atomic E-state index is 8.79. The molecule has 0 saturated carbocycles. The first-order valence-corrected chi connectivity index (χ1v) is 9.54. The van der Waals surface area contributed by atoms with E-state index >= 15 is 0 Å². The van der Waals surface area contributed by atoms with Crippen LogP contribution in [0.3, 0.4) is 0 Å². The van der Waals surface area contributed by atoms with Gasteiger partial charge in [-0.2, -0.15) is 0 Å². The van der Waals surface area contributed by atoms with Gasteiger partial charge in [-0.15, -0.1) is 11.6 Å². The minimum atomic E-state index is 0.354. The van der Waals surface area contributed by atoms with Gasteiger partial charge in [0.15, 0.2) is 0 Å². The molecule has 2 rings (SSSR count). The van der Waals surface area contributed by atoms with Gasteiger partial charge in [0.2, 0.25) is 0 Å². The summed E-state index contributed by atoms with van der Waals surface area (Å²) in [4.78, 5) is 2.48. The van der Waals surface area contributed by atoms with Crippen LogP contribution in [0, 0.1) is 11.8 Å². The van der Waals surface area contributed by atoms with Crippen LogP contribution in [0.4, 0.5) is 0 Å². The van der Waals surface area contributed by atoms with Gasteiger partial charge in [-0.1, -0.05) is 0 Å². The Morgan fingerprint density at radius 1 is 0.909 bits per heavy atom. The van der Waals surface area contributed by atoms with Crippen molar-refractivity contribution in [3.8, 4) is 0 Å². The molecular weight excluding hydrogens is 300 g/mol. The number of alkyl halides is 1. The van der Waals surface area contributed by atoms with Crippen molar-refractivity contribution in [3.05, 3.63) is 0 Å². The summed E-state index contributed by atoms with van der Waals surface area (Å²) in [6.45, 7) is 6.55. The lowest BCUT2D eigenvalue weighted by atomic mass is 9.94. The third kappa shape index (κ3) is 9.31. The van der Waals surface area contributed by atoms with E-state index in [1.54, 1.807) is 0 Å². The van der Waals surface area contributed by atoms with Crippen LogP contribution in [0.2, 0.25) is 0 Å². The average Bonchev–Trinajstić information content (AvgIpc) is 2.56. The molecule has 0 bridgehead atoms. The van der Waals surface area contributed by atoms with Crippen LogP contribution in [-0.4, -0.2) is 66.9 Å². The lowest BCUT2D eigenvalue weighted by molar-refractivity contribution is 0.159. The van der Waals surface area contributed by atoms with E-state index in [1.165, 1.54) is 38.8 Å². The molecule has 0 unspecified atom stereocenters. The van der Waals surface area contributed by atoms with Crippen molar-refractivity contribution in [2.24, 2.45) is 11.8 Å². The van der Waals surface area contributed by atoms with Crippen LogP contribution >= 0.6 is 11.6 Å². The van der Waals surface area contributed by atoms with E-state index in [-0.39, 0.29) is 0 Å². The summed E-state index contributed by atoms with van der Waals surface area (Å²) in [7, 11) is 0. The maximum Gasteiger partial charge on any atom is 0.0433 e. The summed E-state index contributed by atoms with van der Waals surface area (Å²) in [5.41, 5.74) is 0. The van der Waals surface area contributed by atoms with Crippen molar-refractivity contribution < 1.29 is 10.2 Å². The van der Waals surface area contributed by atoms with Crippen LogP contribution in [0.5, 0.6) is 0 Å². The smallest absolute Gasteiger partial charge is 0.0433 e. The van der Waals surface area contributed by atoms with Crippen molar-refractivity contribution in [1.82, 2.24) is 10.2 Å². The van der Waals surface area contributed by atoms with Crippen molar-refractivity contribution in [2.45, 2.75) is 44.9 Å². The normalized spacial score (nSPS) is 21.4. The zero-order valence-electron chi connectivity index (χ0n) is 14.0. The van der Waals surface area contributed by atoms with Gasteiger partial charge in [-0.05, 0) is 89.5 Å².